The number of carbonyl (C=O) groups excluding carboxylic acids is 4. The van der Waals surface area contributed by atoms with Gasteiger partial charge in [-0.2, -0.15) is 0 Å². The van der Waals surface area contributed by atoms with Crippen LogP contribution in [-0.2, 0) is 42.3 Å². The number of allylic oxidation sites excluding steroid dienone is 4. The Morgan fingerprint density at radius 3 is 1.46 bits per heavy atom. The zero-order valence-electron chi connectivity index (χ0n) is 35.9. The summed E-state index contributed by atoms with van der Waals surface area (Å²) < 4.78 is 33.5. The lowest BCUT2D eigenvalue weighted by Crippen LogP contribution is -2.32. The van der Waals surface area contributed by atoms with Gasteiger partial charge in [0.2, 0.25) is 11.8 Å². The molecule has 0 aliphatic carbocycles. The summed E-state index contributed by atoms with van der Waals surface area (Å²) in [4.78, 5) is 60.0. The van der Waals surface area contributed by atoms with Crippen molar-refractivity contribution in [2.24, 2.45) is 0 Å². The Bertz CT molecular complexity index is 1140. The highest BCUT2D eigenvalue weighted by molar-refractivity contribution is 7.47. The van der Waals surface area contributed by atoms with Crippen LogP contribution in [-0.4, -0.2) is 66.0 Å². The highest BCUT2D eigenvalue weighted by Crippen LogP contribution is 2.43. The van der Waals surface area contributed by atoms with Crippen LogP contribution in [0.2, 0.25) is 0 Å². The standard InChI is InChI=1S/C45H80NO10P/c1-3-5-7-9-11-13-15-17-19-21-23-25-27-29-31-33-44(49)53-39-41(40-55-57(51,52)54-38-37-46-42(47)35-36-43(46)48)56-45(50)34-32-30-28-26-24-22-20-18-16-14-12-10-8-6-4-2/h17-20,41H,3-16,21-40H2,1-2H3,(H,51,52)/b19-17-,20-18-. The first-order valence-electron chi connectivity index (χ1n) is 22.8. The Hall–Kier alpha value is -2.33. The number of hydrogen-bond acceptors (Lipinski definition) is 9. The molecular formula is C45H80NO10P. The molecule has 57 heavy (non-hydrogen) atoms. The molecule has 1 rings (SSSR count). The number of hydrogen-bond donors (Lipinski definition) is 1. The van der Waals surface area contributed by atoms with Crippen LogP contribution in [0.15, 0.2) is 24.3 Å². The number of esters is 2. The van der Waals surface area contributed by atoms with Crippen LogP contribution >= 0.6 is 7.82 Å². The summed E-state index contributed by atoms with van der Waals surface area (Å²) >= 11 is 0. The first-order valence-corrected chi connectivity index (χ1v) is 24.3. The lowest BCUT2D eigenvalue weighted by Gasteiger charge is -2.20. The second-order valence-corrected chi connectivity index (χ2v) is 17.0. The summed E-state index contributed by atoms with van der Waals surface area (Å²) in [7, 11) is -4.62. The summed E-state index contributed by atoms with van der Waals surface area (Å²) in [6.07, 6.45) is 38.5. The first-order chi connectivity index (χ1) is 27.7. The van der Waals surface area contributed by atoms with Crippen LogP contribution < -0.4 is 0 Å². The van der Waals surface area contributed by atoms with Crippen molar-refractivity contribution in [3.8, 4) is 0 Å². The van der Waals surface area contributed by atoms with Gasteiger partial charge in [-0.25, -0.2) is 4.57 Å². The van der Waals surface area contributed by atoms with Gasteiger partial charge in [0.15, 0.2) is 6.10 Å². The maximum atomic E-state index is 12.7. The number of phosphoric ester groups is 1. The SMILES string of the molecule is CCCCCCCC/C=C\CCCCCCCC(=O)OCC(COP(=O)(O)OCCN1C(=O)CCC1=O)OC(=O)CCCCCCC/C=C\CCCCCCCC. The molecule has 0 bridgehead atoms. The molecular weight excluding hydrogens is 745 g/mol. The lowest BCUT2D eigenvalue weighted by molar-refractivity contribution is -0.161. The number of carbonyl (C=O) groups is 4. The number of likely N-dealkylation sites (tertiary alicyclic amines) is 1. The van der Waals surface area contributed by atoms with Crippen molar-refractivity contribution in [1.82, 2.24) is 4.90 Å². The molecule has 1 saturated heterocycles. The molecule has 0 saturated carbocycles. The Labute approximate surface area is 346 Å². The molecule has 0 aromatic heterocycles. The smallest absolute Gasteiger partial charge is 0.462 e. The monoisotopic (exact) mass is 826 g/mol. The van der Waals surface area contributed by atoms with Crippen LogP contribution in [0.1, 0.15) is 206 Å². The number of amides is 2. The van der Waals surface area contributed by atoms with Crippen molar-refractivity contribution >= 4 is 31.6 Å². The molecule has 0 spiro atoms. The van der Waals surface area contributed by atoms with Crippen LogP contribution in [0, 0.1) is 0 Å². The van der Waals surface area contributed by atoms with Gasteiger partial charge in [0.1, 0.15) is 6.61 Å². The van der Waals surface area contributed by atoms with Crippen molar-refractivity contribution in [2.45, 2.75) is 213 Å². The molecule has 2 amide bonds. The molecule has 2 unspecified atom stereocenters. The summed E-state index contributed by atoms with van der Waals surface area (Å²) in [6.45, 7) is 3.06. The van der Waals surface area contributed by atoms with E-state index >= 15 is 0 Å². The molecule has 1 fully saturated rings. The van der Waals surface area contributed by atoms with Crippen LogP contribution in [0.5, 0.6) is 0 Å². The molecule has 2 atom stereocenters. The van der Waals surface area contributed by atoms with Gasteiger partial charge in [-0.1, -0.05) is 141 Å². The number of unbranched alkanes of at least 4 members (excludes halogenated alkanes) is 22. The predicted molar refractivity (Wildman–Crippen MR) is 227 cm³/mol. The summed E-state index contributed by atoms with van der Waals surface area (Å²) in [5, 5.41) is 0. The van der Waals surface area contributed by atoms with E-state index in [1.54, 1.807) is 0 Å². The van der Waals surface area contributed by atoms with Gasteiger partial charge in [-0.05, 0) is 64.2 Å². The predicted octanol–water partition coefficient (Wildman–Crippen LogP) is 11.8. The molecule has 1 heterocycles. The van der Waals surface area contributed by atoms with Crippen molar-refractivity contribution in [3.05, 3.63) is 24.3 Å². The maximum Gasteiger partial charge on any atom is 0.472 e. The molecule has 330 valence electrons. The van der Waals surface area contributed by atoms with Gasteiger partial charge in [0.05, 0.1) is 19.8 Å². The van der Waals surface area contributed by atoms with Crippen molar-refractivity contribution < 1.29 is 47.2 Å². The largest absolute Gasteiger partial charge is 0.472 e. The van der Waals surface area contributed by atoms with E-state index in [2.05, 4.69) is 38.2 Å². The topological polar surface area (TPSA) is 146 Å². The third-order valence-electron chi connectivity index (χ3n) is 10.2. The van der Waals surface area contributed by atoms with E-state index in [1.165, 1.54) is 77.0 Å². The van der Waals surface area contributed by atoms with E-state index in [0.717, 1.165) is 81.9 Å². The zero-order chi connectivity index (χ0) is 41.7. The number of rotatable bonds is 40. The molecule has 0 aromatic carbocycles. The molecule has 1 aliphatic rings. The zero-order valence-corrected chi connectivity index (χ0v) is 36.8. The fourth-order valence-electron chi connectivity index (χ4n) is 6.63. The van der Waals surface area contributed by atoms with Crippen LogP contribution in [0.4, 0.5) is 0 Å². The molecule has 0 radical (unpaired) electrons. The number of ether oxygens (including phenoxy) is 2. The quantitative estimate of drug-likeness (QED) is 0.0208. The summed E-state index contributed by atoms with van der Waals surface area (Å²) in [5.74, 6) is -1.67. The highest BCUT2D eigenvalue weighted by atomic mass is 31.2. The van der Waals surface area contributed by atoms with Gasteiger partial charge in [0.25, 0.3) is 0 Å². The van der Waals surface area contributed by atoms with E-state index < -0.39 is 39.1 Å². The molecule has 1 aliphatic heterocycles. The van der Waals surface area contributed by atoms with Crippen molar-refractivity contribution in [2.75, 3.05) is 26.4 Å². The lowest BCUT2D eigenvalue weighted by atomic mass is 10.1. The van der Waals surface area contributed by atoms with E-state index in [9.17, 15) is 28.6 Å². The minimum Gasteiger partial charge on any atom is -0.462 e. The van der Waals surface area contributed by atoms with E-state index in [4.69, 9.17) is 18.5 Å². The fourth-order valence-corrected chi connectivity index (χ4v) is 7.38. The van der Waals surface area contributed by atoms with Gasteiger partial charge < -0.3 is 14.4 Å². The molecule has 11 nitrogen and oxygen atoms in total. The third kappa shape index (κ3) is 32.2. The van der Waals surface area contributed by atoms with E-state index in [0.29, 0.717) is 12.8 Å². The molecule has 1 N–H and O–H groups in total. The Balaban J connectivity index is 2.35. The first kappa shape index (κ1) is 52.7. The van der Waals surface area contributed by atoms with Gasteiger partial charge in [0, 0.05) is 25.7 Å². The minimum atomic E-state index is -4.62. The van der Waals surface area contributed by atoms with Gasteiger partial charge in [-0.15, -0.1) is 0 Å². The number of phosphoric acid groups is 1. The van der Waals surface area contributed by atoms with E-state index in [-0.39, 0.29) is 50.6 Å². The average molecular weight is 826 g/mol. The Morgan fingerprint density at radius 1 is 0.596 bits per heavy atom. The number of imide groups is 1. The normalized spacial score (nSPS) is 14.9. The average Bonchev–Trinajstić information content (AvgIpc) is 3.51. The van der Waals surface area contributed by atoms with Gasteiger partial charge in [-0.3, -0.25) is 33.1 Å². The third-order valence-corrected chi connectivity index (χ3v) is 11.1. The Morgan fingerprint density at radius 2 is 1.00 bits per heavy atom. The summed E-state index contributed by atoms with van der Waals surface area (Å²) in [6, 6.07) is 0. The second kappa shape index (κ2) is 36.7. The fraction of sp³-hybridized carbons (Fsp3) is 0.822. The highest BCUT2D eigenvalue weighted by Gasteiger charge is 2.31. The summed E-state index contributed by atoms with van der Waals surface area (Å²) in [5.41, 5.74) is 0. The second-order valence-electron chi connectivity index (χ2n) is 15.5. The van der Waals surface area contributed by atoms with E-state index in [1.807, 2.05) is 0 Å². The minimum absolute atomic E-state index is 0.103. The van der Waals surface area contributed by atoms with Crippen molar-refractivity contribution in [1.29, 1.82) is 0 Å². The molecule has 0 aromatic rings. The number of nitrogens with zero attached hydrogens (tertiary/aromatic N) is 1. The maximum absolute atomic E-state index is 12.7. The van der Waals surface area contributed by atoms with Gasteiger partial charge >= 0.3 is 19.8 Å². The van der Waals surface area contributed by atoms with Crippen molar-refractivity contribution in [3.63, 3.8) is 0 Å². The van der Waals surface area contributed by atoms with Crippen LogP contribution in [0.25, 0.3) is 0 Å². The van der Waals surface area contributed by atoms with Crippen LogP contribution in [0.3, 0.4) is 0 Å². The Kier molecular flexibility index (Phi) is 33.9. The molecule has 12 heteroatoms.